The van der Waals surface area contributed by atoms with Gasteiger partial charge in [0, 0.05) is 16.7 Å². The van der Waals surface area contributed by atoms with Crippen LogP contribution in [0, 0.1) is 6.92 Å². The highest BCUT2D eigenvalue weighted by Crippen LogP contribution is 2.20. The number of anilines is 1. The summed E-state index contributed by atoms with van der Waals surface area (Å²) in [4.78, 5) is 12.2. The lowest BCUT2D eigenvalue weighted by atomic mass is 10.2. The van der Waals surface area contributed by atoms with Gasteiger partial charge in [0.1, 0.15) is 12.4 Å². The molecule has 28 heavy (non-hydrogen) atoms. The first-order valence-electron chi connectivity index (χ1n) is 8.85. The van der Waals surface area contributed by atoms with Gasteiger partial charge in [0.2, 0.25) is 5.91 Å². The molecule has 0 fully saturated rings. The summed E-state index contributed by atoms with van der Waals surface area (Å²) >= 11 is 4.75. The molecule has 1 amide bonds. The summed E-state index contributed by atoms with van der Waals surface area (Å²) in [6.45, 7) is 5.09. The number of thioether (sulfide) groups is 1. The van der Waals surface area contributed by atoms with Gasteiger partial charge >= 0.3 is 0 Å². The topological polar surface area (TPSA) is 69.0 Å². The first-order chi connectivity index (χ1) is 13.5. The highest BCUT2D eigenvalue weighted by Gasteiger charge is 2.14. The first kappa shape index (κ1) is 20.4. The maximum Gasteiger partial charge on any atom is 0.234 e. The van der Waals surface area contributed by atoms with Crippen molar-refractivity contribution < 1.29 is 9.53 Å². The Labute approximate surface area is 176 Å². The van der Waals surface area contributed by atoms with Crippen LogP contribution in [0.5, 0.6) is 5.75 Å². The van der Waals surface area contributed by atoms with E-state index >= 15 is 0 Å². The van der Waals surface area contributed by atoms with Gasteiger partial charge in [-0.1, -0.05) is 51.5 Å². The van der Waals surface area contributed by atoms with Crippen molar-refractivity contribution in [1.29, 1.82) is 0 Å². The molecular formula is C20H21BrN4O2S. The third kappa shape index (κ3) is 5.59. The number of benzene rings is 2. The van der Waals surface area contributed by atoms with Crippen molar-refractivity contribution in [2.24, 2.45) is 0 Å². The molecular weight excluding hydrogens is 440 g/mol. The molecule has 0 radical (unpaired) electrons. The maximum atomic E-state index is 12.2. The molecule has 1 aromatic heterocycles. The van der Waals surface area contributed by atoms with Gasteiger partial charge in [0.05, 0.1) is 5.75 Å². The molecule has 3 aromatic rings. The van der Waals surface area contributed by atoms with E-state index in [1.807, 2.05) is 66.9 Å². The molecule has 0 aliphatic heterocycles. The van der Waals surface area contributed by atoms with Gasteiger partial charge in [-0.15, -0.1) is 10.2 Å². The number of carbonyl (C=O) groups is 1. The van der Waals surface area contributed by atoms with E-state index in [9.17, 15) is 4.79 Å². The van der Waals surface area contributed by atoms with Crippen LogP contribution in [0.3, 0.4) is 0 Å². The zero-order valence-electron chi connectivity index (χ0n) is 15.7. The maximum absolute atomic E-state index is 12.2. The predicted octanol–water partition coefficient (Wildman–Crippen LogP) is 4.68. The Balaban J connectivity index is 1.57. The normalized spacial score (nSPS) is 10.7. The fraction of sp³-hybridized carbons (Fsp3) is 0.250. The highest BCUT2D eigenvalue weighted by molar-refractivity contribution is 9.10. The van der Waals surface area contributed by atoms with E-state index in [1.165, 1.54) is 17.3 Å². The van der Waals surface area contributed by atoms with Crippen molar-refractivity contribution in [3.63, 3.8) is 0 Å². The van der Waals surface area contributed by atoms with Crippen molar-refractivity contribution in [3.05, 3.63) is 64.4 Å². The van der Waals surface area contributed by atoms with Crippen LogP contribution in [-0.2, 0) is 17.9 Å². The van der Waals surface area contributed by atoms with Crippen molar-refractivity contribution in [2.75, 3.05) is 11.1 Å². The van der Waals surface area contributed by atoms with Gasteiger partial charge in [-0.25, -0.2) is 0 Å². The van der Waals surface area contributed by atoms with E-state index < -0.39 is 0 Å². The average molecular weight is 461 g/mol. The van der Waals surface area contributed by atoms with Crippen molar-refractivity contribution >= 4 is 39.3 Å². The van der Waals surface area contributed by atoms with Gasteiger partial charge < -0.3 is 14.6 Å². The van der Waals surface area contributed by atoms with E-state index in [2.05, 4.69) is 31.4 Å². The summed E-state index contributed by atoms with van der Waals surface area (Å²) < 4.78 is 8.68. The van der Waals surface area contributed by atoms with Gasteiger partial charge in [0.25, 0.3) is 0 Å². The van der Waals surface area contributed by atoms with Crippen molar-refractivity contribution in [1.82, 2.24) is 14.8 Å². The molecule has 1 heterocycles. The number of ether oxygens (including phenoxy) is 1. The summed E-state index contributed by atoms with van der Waals surface area (Å²) in [5.74, 6) is 1.69. The van der Waals surface area contributed by atoms with Gasteiger partial charge in [-0.2, -0.15) is 0 Å². The van der Waals surface area contributed by atoms with Gasteiger partial charge in [0.15, 0.2) is 11.0 Å². The van der Waals surface area contributed by atoms with Crippen molar-refractivity contribution in [3.8, 4) is 5.75 Å². The number of halogens is 1. The average Bonchev–Trinajstić information content (AvgIpc) is 3.08. The zero-order chi connectivity index (χ0) is 19.9. The lowest BCUT2D eigenvalue weighted by Gasteiger charge is -2.09. The fourth-order valence-corrected chi connectivity index (χ4v) is 3.75. The second kappa shape index (κ2) is 9.75. The minimum atomic E-state index is -0.0915. The molecule has 6 nitrogen and oxygen atoms in total. The molecule has 0 saturated heterocycles. The second-order valence-corrected chi connectivity index (χ2v) is 7.95. The lowest BCUT2D eigenvalue weighted by molar-refractivity contribution is -0.113. The molecule has 1 N–H and O–H groups in total. The Hall–Kier alpha value is -2.32. The van der Waals surface area contributed by atoms with Crippen LogP contribution >= 0.6 is 27.7 Å². The highest BCUT2D eigenvalue weighted by atomic mass is 79.9. The van der Waals surface area contributed by atoms with Crippen LogP contribution < -0.4 is 10.1 Å². The fourth-order valence-electron chi connectivity index (χ4n) is 2.53. The number of hydrogen-bond donors (Lipinski definition) is 1. The Kier molecular flexibility index (Phi) is 7.11. The molecule has 3 rings (SSSR count). The monoisotopic (exact) mass is 460 g/mol. The molecule has 0 saturated carbocycles. The summed E-state index contributed by atoms with van der Waals surface area (Å²) in [6, 6.07) is 15.4. The van der Waals surface area contributed by atoms with Gasteiger partial charge in [-0.3, -0.25) is 4.79 Å². The SMILES string of the molecule is CCn1c(COc2ccc(C)cc2)nnc1SCC(=O)Nc1cccc(Br)c1. The summed E-state index contributed by atoms with van der Waals surface area (Å²) in [7, 11) is 0. The first-order valence-corrected chi connectivity index (χ1v) is 10.6. The van der Waals surface area contributed by atoms with Crippen LogP contribution in [0.4, 0.5) is 5.69 Å². The largest absolute Gasteiger partial charge is 0.486 e. The number of aryl methyl sites for hydroxylation is 1. The third-order valence-electron chi connectivity index (χ3n) is 3.94. The number of aromatic nitrogens is 3. The minimum Gasteiger partial charge on any atom is -0.486 e. The number of hydrogen-bond acceptors (Lipinski definition) is 5. The van der Waals surface area contributed by atoms with Crippen LogP contribution in [0.25, 0.3) is 0 Å². The molecule has 2 aromatic carbocycles. The van der Waals surface area contributed by atoms with Gasteiger partial charge in [-0.05, 0) is 44.2 Å². The lowest BCUT2D eigenvalue weighted by Crippen LogP contribution is -2.15. The number of carbonyl (C=O) groups excluding carboxylic acids is 1. The smallest absolute Gasteiger partial charge is 0.234 e. The molecule has 0 aliphatic carbocycles. The van der Waals surface area contributed by atoms with E-state index in [0.717, 1.165) is 21.7 Å². The molecule has 146 valence electrons. The van der Waals surface area contributed by atoms with E-state index in [-0.39, 0.29) is 11.7 Å². The Bertz CT molecular complexity index is 944. The molecule has 0 bridgehead atoms. The number of amides is 1. The molecule has 0 spiro atoms. The zero-order valence-corrected chi connectivity index (χ0v) is 18.1. The summed E-state index contributed by atoms with van der Waals surface area (Å²) in [5, 5.41) is 12.0. The molecule has 0 aliphatic rings. The number of nitrogens with one attached hydrogen (secondary N) is 1. The summed E-state index contributed by atoms with van der Waals surface area (Å²) in [5.41, 5.74) is 1.94. The van der Waals surface area contributed by atoms with E-state index in [4.69, 9.17) is 4.74 Å². The Morgan fingerprint density at radius 1 is 1.21 bits per heavy atom. The third-order valence-corrected chi connectivity index (χ3v) is 5.40. The molecule has 8 heteroatoms. The minimum absolute atomic E-state index is 0.0915. The molecule has 0 atom stereocenters. The van der Waals surface area contributed by atoms with Crippen LogP contribution in [0.15, 0.2) is 58.2 Å². The number of nitrogens with zero attached hydrogens (tertiary/aromatic N) is 3. The van der Waals surface area contributed by atoms with E-state index in [1.54, 1.807) is 0 Å². The van der Waals surface area contributed by atoms with Crippen LogP contribution in [0.1, 0.15) is 18.3 Å². The van der Waals surface area contributed by atoms with E-state index in [0.29, 0.717) is 18.3 Å². The molecule has 0 unspecified atom stereocenters. The van der Waals surface area contributed by atoms with Crippen LogP contribution in [-0.4, -0.2) is 26.4 Å². The van der Waals surface area contributed by atoms with Crippen molar-refractivity contribution in [2.45, 2.75) is 32.2 Å². The summed E-state index contributed by atoms with van der Waals surface area (Å²) in [6.07, 6.45) is 0. The quantitative estimate of drug-likeness (QED) is 0.494. The van der Waals surface area contributed by atoms with Crippen LogP contribution in [0.2, 0.25) is 0 Å². The predicted molar refractivity (Wildman–Crippen MR) is 115 cm³/mol. The second-order valence-electron chi connectivity index (χ2n) is 6.09. The number of rotatable bonds is 8. The Morgan fingerprint density at radius 3 is 2.71 bits per heavy atom. The standard InChI is InChI=1S/C20H21BrN4O2S/c1-3-25-18(12-27-17-9-7-14(2)8-10-17)23-24-20(25)28-13-19(26)22-16-6-4-5-15(21)11-16/h4-11H,3,12-13H2,1-2H3,(H,22,26). The Morgan fingerprint density at radius 2 is 2.00 bits per heavy atom.